The molecule has 0 radical (unpaired) electrons. The van der Waals surface area contributed by atoms with Crippen molar-refractivity contribution in [2.75, 3.05) is 19.5 Å². The summed E-state index contributed by atoms with van der Waals surface area (Å²) in [4.78, 5) is 22.4. The van der Waals surface area contributed by atoms with Gasteiger partial charge in [-0.25, -0.2) is 9.97 Å². The van der Waals surface area contributed by atoms with Crippen LogP contribution >= 0.6 is 11.8 Å². The normalized spacial score (nSPS) is 10.4. The summed E-state index contributed by atoms with van der Waals surface area (Å²) in [5.74, 6) is 0.830. The molecule has 1 heterocycles. The number of carbonyl (C=O) groups excluding carboxylic acids is 1. The van der Waals surface area contributed by atoms with E-state index >= 15 is 0 Å². The number of benzene rings is 2. The molecule has 0 aliphatic heterocycles. The molecule has 0 unspecified atom stereocenters. The minimum atomic E-state index is -0.252. The topological polar surface area (TPSA) is 73.3 Å². The minimum Gasteiger partial charge on any atom is -0.497 e. The number of ether oxygens (including phenoxy) is 2. The quantitative estimate of drug-likeness (QED) is 0.619. The lowest BCUT2D eigenvalue weighted by Crippen LogP contribution is -2.13. The summed E-state index contributed by atoms with van der Waals surface area (Å²) in [6.07, 6.45) is 0. The summed E-state index contributed by atoms with van der Waals surface area (Å²) in [6, 6.07) is 14.6. The number of aromatic nitrogens is 2. The number of methoxy groups -OCH3 is 2. The first-order chi connectivity index (χ1) is 13.5. The predicted octanol–water partition coefficient (Wildman–Crippen LogP) is 4.51. The van der Waals surface area contributed by atoms with Crippen LogP contribution in [0.15, 0.2) is 58.6 Å². The number of hydrogen-bond donors (Lipinski definition) is 1. The van der Waals surface area contributed by atoms with Crippen LogP contribution in [0.1, 0.15) is 21.7 Å². The van der Waals surface area contributed by atoms with Crippen LogP contribution in [0.4, 0.5) is 5.69 Å². The molecule has 3 aromatic rings. The average molecular weight is 395 g/mol. The van der Waals surface area contributed by atoms with Crippen molar-refractivity contribution in [1.82, 2.24) is 9.97 Å². The highest BCUT2D eigenvalue weighted by Crippen LogP contribution is 2.28. The van der Waals surface area contributed by atoms with Crippen molar-refractivity contribution in [1.29, 1.82) is 0 Å². The van der Waals surface area contributed by atoms with Gasteiger partial charge in [0.15, 0.2) is 5.16 Å². The Balaban J connectivity index is 1.71. The second kappa shape index (κ2) is 8.75. The molecule has 1 N–H and O–H groups in total. The van der Waals surface area contributed by atoms with Gasteiger partial charge in [0.25, 0.3) is 5.91 Å². The third-order valence-corrected chi connectivity index (χ3v) is 4.81. The zero-order valence-corrected chi connectivity index (χ0v) is 17.0. The third kappa shape index (κ3) is 4.80. The number of amides is 1. The first-order valence-electron chi connectivity index (χ1n) is 8.62. The Hall–Kier alpha value is -3.06. The van der Waals surface area contributed by atoms with E-state index in [4.69, 9.17) is 9.47 Å². The lowest BCUT2D eigenvalue weighted by molar-refractivity contribution is 0.102. The van der Waals surface area contributed by atoms with Crippen molar-refractivity contribution in [3.63, 3.8) is 0 Å². The molecule has 0 aliphatic carbocycles. The largest absolute Gasteiger partial charge is 0.497 e. The van der Waals surface area contributed by atoms with Crippen molar-refractivity contribution < 1.29 is 14.3 Å². The van der Waals surface area contributed by atoms with Gasteiger partial charge in [0, 0.05) is 28.0 Å². The number of aryl methyl sites for hydroxylation is 2. The minimum absolute atomic E-state index is 0.252. The maximum Gasteiger partial charge on any atom is 0.259 e. The molecule has 6 nitrogen and oxygen atoms in total. The van der Waals surface area contributed by atoms with E-state index in [0.29, 0.717) is 27.9 Å². The lowest BCUT2D eigenvalue weighted by Gasteiger charge is -2.11. The molecule has 0 atom stereocenters. The molecule has 0 aliphatic rings. The van der Waals surface area contributed by atoms with Crippen LogP contribution in [0.2, 0.25) is 0 Å². The van der Waals surface area contributed by atoms with Crippen LogP contribution in [0.3, 0.4) is 0 Å². The van der Waals surface area contributed by atoms with E-state index in [9.17, 15) is 4.79 Å². The van der Waals surface area contributed by atoms with E-state index in [1.165, 1.54) is 18.9 Å². The highest BCUT2D eigenvalue weighted by atomic mass is 32.2. The lowest BCUT2D eigenvalue weighted by atomic mass is 10.1. The van der Waals surface area contributed by atoms with E-state index in [-0.39, 0.29) is 5.91 Å². The molecule has 144 valence electrons. The summed E-state index contributed by atoms with van der Waals surface area (Å²) >= 11 is 1.48. The third-order valence-electron chi connectivity index (χ3n) is 3.94. The molecule has 0 bridgehead atoms. The summed E-state index contributed by atoms with van der Waals surface area (Å²) in [6.45, 7) is 3.90. The van der Waals surface area contributed by atoms with Crippen molar-refractivity contribution in [2.24, 2.45) is 0 Å². The molecular formula is C21H21N3O3S. The van der Waals surface area contributed by atoms with Gasteiger partial charge in [-0.15, -0.1) is 0 Å². The molecule has 28 heavy (non-hydrogen) atoms. The SMILES string of the molecule is COc1ccc(C(=O)Nc2ccc(Sc3nc(C)cc(C)n3)cc2)c(OC)c1. The van der Waals surface area contributed by atoms with Gasteiger partial charge in [-0.1, -0.05) is 0 Å². The standard InChI is InChI=1S/C21H21N3O3S/c1-13-11-14(2)23-21(22-13)28-17-8-5-15(6-9-17)24-20(25)18-10-7-16(26-3)12-19(18)27-4/h5-12H,1-4H3,(H,24,25). The molecular weight excluding hydrogens is 374 g/mol. The van der Waals surface area contributed by atoms with Gasteiger partial charge in [-0.2, -0.15) is 0 Å². The van der Waals surface area contributed by atoms with Crippen LogP contribution in [-0.2, 0) is 0 Å². The van der Waals surface area contributed by atoms with E-state index < -0.39 is 0 Å². The van der Waals surface area contributed by atoms with Gasteiger partial charge in [-0.05, 0) is 68.1 Å². The first kappa shape index (κ1) is 19.7. The predicted molar refractivity (Wildman–Crippen MR) is 110 cm³/mol. The van der Waals surface area contributed by atoms with Gasteiger partial charge in [-0.3, -0.25) is 4.79 Å². The molecule has 0 saturated heterocycles. The van der Waals surface area contributed by atoms with Gasteiger partial charge < -0.3 is 14.8 Å². The highest BCUT2D eigenvalue weighted by Gasteiger charge is 2.13. The molecule has 1 aromatic heterocycles. The second-order valence-electron chi connectivity index (χ2n) is 6.08. The number of rotatable bonds is 6. The molecule has 0 fully saturated rings. The second-order valence-corrected chi connectivity index (χ2v) is 7.12. The van der Waals surface area contributed by atoms with Crippen molar-refractivity contribution in [2.45, 2.75) is 23.9 Å². The van der Waals surface area contributed by atoms with Gasteiger partial charge in [0.2, 0.25) is 0 Å². The van der Waals surface area contributed by atoms with E-state index in [0.717, 1.165) is 16.3 Å². The zero-order chi connectivity index (χ0) is 20.1. The smallest absolute Gasteiger partial charge is 0.259 e. The number of nitrogens with zero attached hydrogens (tertiary/aromatic N) is 2. The Morgan fingerprint density at radius 1 is 0.929 bits per heavy atom. The van der Waals surface area contributed by atoms with Crippen LogP contribution in [0.25, 0.3) is 0 Å². The van der Waals surface area contributed by atoms with Gasteiger partial charge >= 0.3 is 0 Å². The maximum absolute atomic E-state index is 12.6. The number of carbonyl (C=O) groups is 1. The monoisotopic (exact) mass is 395 g/mol. The first-order valence-corrected chi connectivity index (χ1v) is 9.43. The molecule has 2 aromatic carbocycles. The Bertz CT molecular complexity index is 970. The van der Waals surface area contributed by atoms with E-state index in [1.807, 2.05) is 44.2 Å². The van der Waals surface area contributed by atoms with Crippen LogP contribution < -0.4 is 14.8 Å². The van der Waals surface area contributed by atoms with Crippen molar-refractivity contribution in [3.05, 3.63) is 65.5 Å². The Morgan fingerprint density at radius 3 is 2.21 bits per heavy atom. The van der Waals surface area contributed by atoms with Gasteiger partial charge in [0.1, 0.15) is 11.5 Å². The average Bonchev–Trinajstić information content (AvgIpc) is 2.68. The number of anilines is 1. The fourth-order valence-corrected chi connectivity index (χ4v) is 3.50. The molecule has 0 saturated carbocycles. The Kier molecular flexibility index (Phi) is 6.16. The van der Waals surface area contributed by atoms with E-state index in [1.54, 1.807) is 25.3 Å². The van der Waals surface area contributed by atoms with Crippen LogP contribution in [0.5, 0.6) is 11.5 Å². The molecule has 0 spiro atoms. The highest BCUT2D eigenvalue weighted by molar-refractivity contribution is 7.99. The van der Waals surface area contributed by atoms with Crippen LogP contribution in [0, 0.1) is 13.8 Å². The number of hydrogen-bond acceptors (Lipinski definition) is 6. The van der Waals surface area contributed by atoms with Crippen LogP contribution in [-0.4, -0.2) is 30.1 Å². The fraction of sp³-hybridized carbons (Fsp3) is 0.190. The maximum atomic E-state index is 12.6. The summed E-state index contributed by atoms with van der Waals surface area (Å²) < 4.78 is 10.5. The number of nitrogens with one attached hydrogen (secondary N) is 1. The van der Waals surface area contributed by atoms with Crippen molar-refractivity contribution in [3.8, 4) is 11.5 Å². The zero-order valence-electron chi connectivity index (χ0n) is 16.1. The molecule has 3 rings (SSSR count). The van der Waals surface area contributed by atoms with Gasteiger partial charge in [0.05, 0.1) is 19.8 Å². The summed E-state index contributed by atoms with van der Waals surface area (Å²) in [5.41, 5.74) is 3.00. The Morgan fingerprint density at radius 2 is 1.61 bits per heavy atom. The van der Waals surface area contributed by atoms with E-state index in [2.05, 4.69) is 15.3 Å². The molecule has 7 heteroatoms. The Labute approximate surface area is 168 Å². The summed E-state index contributed by atoms with van der Waals surface area (Å²) in [5, 5.41) is 3.59. The summed E-state index contributed by atoms with van der Waals surface area (Å²) in [7, 11) is 3.09. The van der Waals surface area contributed by atoms with Crippen molar-refractivity contribution >= 4 is 23.4 Å². The fourth-order valence-electron chi connectivity index (χ4n) is 2.64. The molecule has 1 amide bonds.